The van der Waals surface area contributed by atoms with Crippen molar-refractivity contribution in [2.24, 2.45) is 5.41 Å². The van der Waals surface area contributed by atoms with Gasteiger partial charge < -0.3 is 5.11 Å². The molecule has 1 aromatic rings. The molecule has 1 atom stereocenters. The minimum absolute atomic E-state index is 0.0588. The fraction of sp³-hybridized carbons (Fsp3) is 0.625. The van der Waals surface area contributed by atoms with Crippen LogP contribution in [0.3, 0.4) is 0 Å². The highest BCUT2D eigenvalue weighted by molar-refractivity contribution is 9.10. The van der Waals surface area contributed by atoms with Gasteiger partial charge in [0, 0.05) is 4.47 Å². The second-order valence-electron chi connectivity index (χ2n) is 6.08. The quantitative estimate of drug-likeness (QED) is 0.808. The Morgan fingerprint density at radius 2 is 1.72 bits per heavy atom. The van der Waals surface area contributed by atoms with E-state index in [-0.39, 0.29) is 11.5 Å². The number of hydrogen-bond donors (Lipinski definition) is 1. The summed E-state index contributed by atoms with van der Waals surface area (Å²) in [5.74, 6) is 0. The van der Waals surface area contributed by atoms with Crippen LogP contribution in [0.1, 0.15) is 61.8 Å². The van der Waals surface area contributed by atoms with E-state index in [2.05, 4.69) is 48.8 Å². The number of halogens is 1. The van der Waals surface area contributed by atoms with Gasteiger partial charge in [-0.3, -0.25) is 0 Å². The molecule has 0 bridgehead atoms. The third-order valence-corrected chi connectivity index (χ3v) is 5.35. The predicted molar refractivity (Wildman–Crippen MR) is 79.8 cm³/mol. The number of hydrogen-bond acceptors (Lipinski definition) is 1. The van der Waals surface area contributed by atoms with Gasteiger partial charge in [0.15, 0.2) is 0 Å². The molecule has 0 saturated heterocycles. The van der Waals surface area contributed by atoms with Crippen molar-refractivity contribution in [3.63, 3.8) is 0 Å². The zero-order chi connectivity index (χ0) is 13.3. The van der Waals surface area contributed by atoms with Crippen molar-refractivity contribution in [3.8, 4) is 0 Å². The summed E-state index contributed by atoms with van der Waals surface area (Å²) in [6.07, 6.45) is 5.78. The molecule has 1 nitrogen and oxygen atoms in total. The van der Waals surface area contributed by atoms with Gasteiger partial charge in [-0.05, 0) is 54.9 Å². The van der Waals surface area contributed by atoms with Crippen LogP contribution in [0.2, 0.25) is 0 Å². The van der Waals surface area contributed by atoms with Crippen molar-refractivity contribution in [1.82, 2.24) is 0 Å². The highest BCUT2D eigenvalue weighted by atomic mass is 79.9. The minimum atomic E-state index is -0.329. The summed E-state index contributed by atoms with van der Waals surface area (Å²) in [4.78, 5) is 0. The highest BCUT2D eigenvalue weighted by Crippen LogP contribution is 2.46. The van der Waals surface area contributed by atoms with Crippen LogP contribution in [0.4, 0.5) is 0 Å². The monoisotopic (exact) mass is 310 g/mol. The Labute approximate surface area is 119 Å². The van der Waals surface area contributed by atoms with Crippen LogP contribution in [-0.4, -0.2) is 5.11 Å². The van der Waals surface area contributed by atoms with E-state index in [1.807, 2.05) is 0 Å². The summed E-state index contributed by atoms with van der Waals surface area (Å²) in [6.45, 7) is 6.42. The van der Waals surface area contributed by atoms with E-state index >= 15 is 0 Å². The second-order valence-corrected chi connectivity index (χ2v) is 6.93. The standard InChI is InChI=1S/C16H23BrO/c1-11-10-14(17)12(2)9-13(11)15(18)16(3)7-5-4-6-8-16/h9-10,15,18H,4-8H2,1-3H3. The minimum Gasteiger partial charge on any atom is -0.388 e. The Hall–Kier alpha value is -0.340. The molecule has 2 heteroatoms. The molecule has 0 aliphatic heterocycles. The lowest BCUT2D eigenvalue weighted by atomic mass is 9.69. The first kappa shape index (κ1) is 14.1. The molecule has 0 heterocycles. The molecule has 0 spiro atoms. The lowest BCUT2D eigenvalue weighted by Gasteiger charge is -2.38. The number of benzene rings is 1. The van der Waals surface area contributed by atoms with Crippen molar-refractivity contribution < 1.29 is 5.11 Å². The summed E-state index contributed by atoms with van der Waals surface area (Å²) in [7, 11) is 0. The van der Waals surface area contributed by atoms with E-state index in [9.17, 15) is 5.11 Å². The van der Waals surface area contributed by atoms with E-state index < -0.39 is 0 Å². The molecule has 1 N–H and O–H groups in total. The first-order valence-electron chi connectivity index (χ1n) is 6.89. The van der Waals surface area contributed by atoms with Gasteiger partial charge in [-0.25, -0.2) is 0 Å². The van der Waals surface area contributed by atoms with E-state index in [4.69, 9.17) is 0 Å². The zero-order valence-electron chi connectivity index (χ0n) is 11.6. The molecular weight excluding hydrogens is 288 g/mol. The van der Waals surface area contributed by atoms with E-state index in [1.54, 1.807) is 0 Å². The van der Waals surface area contributed by atoms with Gasteiger partial charge in [-0.15, -0.1) is 0 Å². The Bertz CT molecular complexity index is 433. The van der Waals surface area contributed by atoms with Crippen LogP contribution >= 0.6 is 15.9 Å². The second kappa shape index (κ2) is 5.34. The third kappa shape index (κ3) is 2.65. The number of aliphatic hydroxyl groups excluding tert-OH is 1. The van der Waals surface area contributed by atoms with Crippen LogP contribution in [0.5, 0.6) is 0 Å². The molecule has 100 valence electrons. The van der Waals surface area contributed by atoms with E-state index in [0.29, 0.717) is 0 Å². The number of aliphatic hydroxyl groups is 1. The van der Waals surface area contributed by atoms with Crippen LogP contribution in [-0.2, 0) is 0 Å². The lowest BCUT2D eigenvalue weighted by Crippen LogP contribution is -2.28. The molecule has 1 saturated carbocycles. The van der Waals surface area contributed by atoms with Crippen molar-refractivity contribution in [2.75, 3.05) is 0 Å². The van der Waals surface area contributed by atoms with Gasteiger partial charge in [-0.1, -0.05) is 48.2 Å². The smallest absolute Gasteiger partial charge is 0.0846 e. The van der Waals surface area contributed by atoms with Gasteiger partial charge in [0.25, 0.3) is 0 Å². The molecular formula is C16H23BrO. The van der Waals surface area contributed by atoms with Crippen molar-refractivity contribution in [2.45, 2.75) is 59.0 Å². The van der Waals surface area contributed by atoms with Gasteiger partial charge in [0.05, 0.1) is 6.10 Å². The van der Waals surface area contributed by atoms with Crippen LogP contribution < -0.4 is 0 Å². The molecule has 1 aromatic carbocycles. The molecule has 1 unspecified atom stereocenters. The SMILES string of the molecule is Cc1cc(C(O)C2(C)CCCCC2)c(C)cc1Br. The molecule has 0 aromatic heterocycles. The maximum atomic E-state index is 10.8. The normalized spacial score (nSPS) is 20.7. The van der Waals surface area contributed by atoms with Gasteiger partial charge in [-0.2, -0.15) is 0 Å². The lowest BCUT2D eigenvalue weighted by molar-refractivity contribution is 0.00773. The first-order chi connectivity index (χ1) is 8.44. The summed E-state index contributed by atoms with van der Waals surface area (Å²) in [6, 6.07) is 4.27. The summed E-state index contributed by atoms with van der Waals surface area (Å²) in [5.41, 5.74) is 3.56. The molecule has 1 aliphatic rings. The fourth-order valence-corrected chi connectivity index (χ4v) is 3.56. The Balaban J connectivity index is 2.33. The van der Waals surface area contributed by atoms with Gasteiger partial charge in [0.1, 0.15) is 0 Å². The summed E-state index contributed by atoms with van der Waals surface area (Å²) < 4.78 is 1.13. The maximum absolute atomic E-state index is 10.8. The molecule has 18 heavy (non-hydrogen) atoms. The topological polar surface area (TPSA) is 20.2 Å². The Kier molecular flexibility index (Phi) is 4.18. The summed E-state index contributed by atoms with van der Waals surface area (Å²) >= 11 is 3.56. The average molecular weight is 311 g/mol. The summed E-state index contributed by atoms with van der Waals surface area (Å²) in [5, 5.41) is 10.8. The molecule has 0 amide bonds. The van der Waals surface area contributed by atoms with Crippen molar-refractivity contribution in [1.29, 1.82) is 0 Å². The van der Waals surface area contributed by atoms with Crippen molar-refractivity contribution in [3.05, 3.63) is 33.3 Å². The largest absolute Gasteiger partial charge is 0.388 e. The fourth-order valence-electron chi connectivity index (χ4n) is 3.11. The highest BCUT2D eigenvalue weighted by Gasteiger charge is 2.35. The van der Waals surface area contributed by atoms with Crippen molar-refractivity contribution >= 4 is 15.9 Å². The van der Waals surface area contributed by atoms with Crippen LogP contribution in [0.15, 0.2) is 16.6 Å². The molecule has 0 radical (unpaired) electrons. The number of aryl methyl sites for hydroxylation is 2. The average Bonchev–Trinajstić information content (AvgIpc) is 2.34. The Morgan fingerprint density at radius 1 is 1.11 bits per heavy atom. The van der Waals surface area contributed by atoms with Gasteiger partial charge in [0.2, 0.25) is 0 Å². The molecule has 2 rings (SSSR count). The van der Waals surface area contributed by atoms with Crippen LogP contribution in [0, 0.1) is 19.3 Å². The van der Waals surface area contributed by atoms with Gasteiger partial charge >= 0.3 is 0 Å². The Morgan fingerprint density at radius 3 is 2.33 bits per heavy atom. The molecule has 1 aliphatic carbocycles. The van der Waals surface area contributed by atoms with E-state index in [0.717, 1.165) is 22.9 Å². The van der Waals surface area contributed by atoms with E-state index in [1.165, 1.54) is 30.4 Å². The number of rotatable bonds is 2. The predicted octanol–water partition coefficient (Wildman–Crippen LogP) is 5.07. The van der Waals surface area contributed by atoms with Crippen LogP contribution in [0.25, 0.3) is 0 Å². The first-order valence-corrected chi connectivity index (χ1v) is 7.68. The third-order valence-electron chi connectivity index (χ3n) is 4.50. The molecule has 1 fully saturated rings. The maximum Gasteiger partial charge on any atom is 0.0846 e. The zero-order valence-corrected chi connectivity index (χ0v) is 13.2.